The summed E-state index contributed by atoms with van der Waals surface area (Å²) in [6.07, 6.45) is 1.96. The molecule has 0 saturated carbocycles. The quantitative estimate of drug-likeness (QED) is 0.745. The molecule has 1 aromatic carbocycles. The molecule has 0 radical (unpaired) electrons. The fourth-order valence-electron chi connectivity index (χ4n) is 2.08. The van der Waals surface area contributed by atoms with Gasteiger partial charge in [-0.1, -0.05) is 28.1 Å². The van der Waals surface area contributed by atoms with E-state index in [0.717, 1.165) is 32.8 Å². The molecule has 3 aromatic rings. The van der Waals surface area contributed by atoms with Crippen LogP contribution in [0.2, 0.25) is 0 Å². The molecule has 0 aliphatic carbocycles. The largest absolute Gasteiger partial charge is 0.399 e. The number of nitrogens with zero attached hydrogens (tertiary/aromatic N) is 2. The van der Waals surface area contributed by atoms with E-state index in [9.17, 15) is 0 Å². The Kier molecular flexibility index (Phi) is 2.59. The second kappa shape index (κ2) is 4.14. The maximum Gasteiger partial charge on any atom is 0.144 e. The molecule has 0 aliphatic heterocycles. The summed E-state index contributed by atoms with van der Waals surface area (Å²) in [5.41, 5.74) is 9.68. The van der Waals surface area contributed by atoms with E-state index < -0.39 is 0 Å². The van der Waals surface area contributed by atoms with Gasteiger partial charge < -0.3 is 5.73 Å². The van der Waals surface area contributed by atoms with Crippen molar-refractivity contribution in [3.05, 3.63) is 52.8 Å². The minimum atomic E-state index is 0.756. The summed E-state index contributed by atoms with van der Waals surface area (Å²) in [6.45, 7) is 2.00. The number of imidazole rings is 1. The maximum absolute atomic E-state index is 5.82. The van der Waals surface area contributed by atoms with Gasteiger partial charge in [0, 0.05) is 21.9 Å². The average Bonchev–Trinajstić information content (AvgIpc) is 2.67. The highest BCUT2D eigenvalue weighted by Gasteiger charge is 2.10. The maximum atomic E-state index is 5.82. The summed E-state index contributed by atoms with van der Waals surface area (Å²) in [6, 6.07) is 12.0. The van der Waals surface area contributed by atoms with Crippen LogP contribution >= 0.6 is 15.9 Å². The van der Waals surface area contributed by atoms with Crippen molar-refractivity contribution in [1.29, 1.82) is 0 Å². The Hall–Kier alpha value is -1.81. The van der Waals surface area contributed by atoms with E-state index >= 15 is 0 Å². The van der Waals surface area contributed by atoms with Crippen molar-refractivity contribution < 1.29 is 0 Å². The van der Waals surface area contributed by atoms with Gasteiger partial charge in [-0.25, -0.2) is 4.98 Å². The number of fused-ring (bicyclic) bond motifs is 1. The molecule has 0 spiro atoms. The number of rotatable bonds is 1. The number of halogens is 1. The highest BCUT2D eigenvalue weighted by atomic mass is 79.9. The Labute approximate surface area is 113 Å². The highest BCUT2D eigenvalue weighted by Crippen LogP contribution is 2.25. The lowest BCUT2D eigenvalue weighted by Crippen LogP contribution is -1.91. The van der Waals surface area contributed by atoms with Gasteiger partial charge in [-0.15, -0.1) is 0 Å². The molecule has 0 aliphatic rings. The number of nitrogens with two attached hydrogens (primary N) is 1. The van der Waals surface area contributed by atoms with Crippen molar-refractivity contribution in [3.8, 4) is 11.4 Å². The van der Waals surface area contributed by atoms with Crippen molar-refractivity contribution in [2.75, 3.05) is 5.73 Å². The molecule has 2 heterocycles. The Morgan fingerprint density at radius 2 is 2.06 bits per heavy atom. The van der Waals surface area contributed by atoms with E-state index in [0.29, 0.717) is 0 Å². The monoisotopic (exact) mass is 301 g/mol. The normalized spacial score (nSPS) is 11.0. The van der Waals surface area contributed by atoms with Gasteiger partial charge in [0.1, 0.15) is 5.82 Å². The van der Waals surface area contributed by atoms with Gasteiger partial charge in [0.25, 0.3) is 0 Å². The number of hydrogen-bond donors (Lipinski definition) is 1. The zero-order valence-corrected chi connectivity index (χ0v) is 11.5. The van der Waals surface area contributed by atoms with Crippen LogP contribution in [0.5, 0.6) is 0 Å². The molecule has 0 unspecified atom stereocenters. The summed E-state index contributed by atoms with van der Waals surface area (Å²) in [5, 5.41) is 0. The third-order valence-corrected chi connectivity index (χ3v) is 3.43. The molecule has 0 bridgehead atoms. The molecule has 3 nitrogen and oxygen atoms in total. The predicted octanol–water partition coefficient (Wildman–Crippen LogP) is 3.65. The summed E-state index contributed by atoms with van der Waals surface area (Å²) in [4.78, 5) is 4.63. The van der Waals surface area contributed by atoms with Gasteiger partial charge in [-0.05, 0) is 31.2 Å². The fourth-order valence-corrected chi connectivity index (χ4v) is 2.48. The Morgan fingerprint density at radius 1 is 1.22 bits per heavy atom. The average molecular weight is 302 g/mol. The van der Waals surface area contributed by atoms with E-state index in [1.54, 1.807) is 0 Å². The summed E-state index contributed by atoms with van der Waals surface area (Å²) in [7, 11) is 0. The van der Waals surface area contributed by atoms with Crippen molar-refractivity contribution in [3.63, 3.8) is 0 Å². The van der Waals surface area contributed by atoms with Gasteiger partial charge in [0.05, 0.1) is 11.2 Å². The number of nitrogen functional groups attached to an aromatic ring is 1. The van der Waals surface area contributed by atoms with Crippen molar-refractivity contribution in [2.45, 2.75) is 6.92 Å². The minimum Gasteiger partial charge on any atom is -0.399 e. The number of benzene rings is 1. The Balaban J connectivity index is 2.30. The first-order valence-corrected chi connectivity index (χ1v) is 6.44. The van der Waals surface area contributed by atoms with Crippen molar-refractivity contribution >= 4 is 27.1 Å². The molecule has 0 saturated heterocycles. The first-order chi connectivity index (χ1) is 8.65. The van der Waals surface area contributed by atoms with E-state index in [-0.39, 0.29) is 0 Å². The van der Waals surface area contributed by atoms with Crippen LogP contribution in [0.4, 0.5) is 5.69 Å². The molecule has 3 rings (SSSR count). The van der Waals surface area contributed by atoms with Gasteiger partial charge in [0.2, 0.25) is 0 Å². The molecule has 0 amide bonds. The molecule has 2 N–H and O–H groups in total. The van der Waals surface area contributed by atoms with Crippen LogP contribution in [-0.4, -0.2) is 9.38 Å². The van der Waals surface area contributed by atoms with Gasteiger partial charge in [-0.3, -0.25) is 4.40 Å². The van der Waals surface area contributed by atoms with Crippen molar-refractivity contribution in [1.82, 2.24) is 9.38 Å². The lowest BCUT2D eigenvalue weighted by molar-refractivity contribution is 1.16. The summed E-state index contributed by atoms with van der Waals surface area (Å²) < 4.78 is 3.11. The molecule has 4 heteroatoms. The van der Waals surface area contributed by atoms with Crippen molar-refractivity contribution in [2.24, 2.45) is 0 Å². The van der Waals surface area contributed by atoms with E-state index in [1.807, 2.05) is 37.4 Å². The van der Waals surface area contributed by atoms with Crippen LogP contribution in [0.1, 0.15) is 5.69 Å². The lowest BCUT2D eigenvalue weighted by Gasteiger charge is -2.02. The van der Waals surface area contributed by atoms with E-state index in [4.69, 9.17) is 5.73 Å². The van der Waals surface area contributed by atoms with E-state index in [2.05, 4.69) is 37.4 Å². The van der Waals surface area contributed by atoms with Crippen LogP contribution in [0, 0.1) is 6.92 Å². The number of aryl methyl sites for hydroxylation is 1. The standard InChI is InChI=1S/C14H12BrN3/c1-9-13-8-12(16)5-6-18(13)14(17-9)10-3-2-4-11(15)7-10/h2-8H,16H2,1H3. The first-order valence-electron chi connectivity index (χ1n) is 5.65. The minimum absolute atomic E-state index is 0.756. The summed E-state index contributed by atoms with van der Waals surface area (Å²) >= 11 is 3.48. The molecule has 90 valence electrons. The number of pyridine rings is 1. The van der Waals surface area contributed by atoms with Crippen LogP contribution in [0.3, 0.4) is 0 Å². The predicted molar refractivity (Wildman–Crippen MR) is 77.5 cm³/mol. The first kappa shape index (κ1) is 11.3. The highest BCUT2D eigenvalue weighted by molar-refractivity contribution is 9.10. The van der Waals surface area contributed by atoms with Crippen LogP contribution in [0.15, 0.2) is 47.1 Å². The molecular weight excluding hydrogens is 290 g/mol. The summed E-state index contributed by atoms with van der Waals surface area (Å²) in [5.74, 6) is 0.934. The van der Waals surface area contributed by atoms with Gasteiger partial charge in [0.15, 0.2) is 0 Å². The fraction of sp³-hybridized carbons (Fsp3) is 0.0714. The SMILES string of the molecule is Cc1nc(-c2cccc(Br)c2)n2ccc(N)cc12. The molecule has 18 heavy (non-hydrogen) atoms. The van der Waals surface area contributed by atoms with E-state index in [1.165, 1.54) is 0 Å². The number of hydrogen-bond acceptors (Lipinski definition) is 2. The van der Waals surface area contributed by atoms with Crippen LogP contribution in [0.25, 0.3) is 16.9 Å². The van der Waals surface area contributed by atoms with Gasteiger partial charge in [-0.2, -0.15) is 0 Å². The second-order valence-corrected chi connectivity index (χ2v) is 5.16. The Morgan fingerprint density at radius 3 is 2.83 bits per heavy atom. The zero-order chi connectivity index (χ0) is 12.7. The molecule has 0 fully saturated rings. The molecule has 2 aromatic heterocycles. The topological polar surface area (TPSA) is 43.3 Å². The van der Waals surface area contributed by atoms with Gasteiger partial charge >= 0.3 is 0 Å². The lowest BCUT2D eigenvalue weighted by atomic mass is 10.2. The number of aromatic nitrogens is 2. The van der Waals surface area contributed by atoms with Crippen LogP contribution in [-0.2, 0) is 0 Å². The third kappa shape index (κ3) is 1.78. The Bertz CT molecular complexity index is 731. The smallest absolute Gasteiger partial charge is 0.144 e. The second-order valence-electron chi connectivity index (χ2n) is 4.25. The third-order valence-electron chi connectivity index (χ3n) is 2.93. The van der Waals surface area contributed by atoms with Crippen LogP contribution < -0.4 is 5.73 Å². The molecule has 0 atom stereocenters. The molecular formula is C14H12BrN3. The number of anilines is 1. The zero-order valence-electron chi connectivity index (χ0n) is 9.89.